The number of carbonyl (C=O) groups excluding carboxylic acids is 1. The summed E-state index contributed by atoms with van der Waals surface area (Å²) in [6, 6.07) is 0. The summed E-state index contributed by atoms with van der Waals surface area (Å²) in [6.07, 6.45) is -27.5. The van der Waals surface area contributed by atoms with Crippen molar-refractivity contribution in [1.82, 2.24) is 0 Å². The molecule has 0 aliphatic rings. The van der Waals surface area contributed by atoms with Crippen molar-refractivity contribution in [3.8, 4) is 0 Å². The SMILES string of the molecule is CCC(C)(C)C(=O)OC(CC(O)(F)C(F)(F)F)CC(O)(C(F)(F)F)C(F)(F)F. The molecule has 0 radical (unpaired) electrons. The summed E-state index contributed by atoms with van der Waals surface area (Å²) < 4.78 is 132. The first-order valence-corrected chi connectivity index (χ1v) is 7.57. The van der Waals surface area contributed by atoms with E-state index in [-0.39, 0.29) is 6.42 Å². The Morgan fingerprint density at radius 2 is 1.21 bits per heavy atom. The van der Waals surface area contributed by atoms with Gasteiger partial charge in [-0.1, -0.05) is 6.92 Å². The van der Waals surface area contributed by atoms with Crippen molar-refractivity contribution in [2.75, 3.05) is 0 Å². The van der Waals surface area contributed by atoms with Gasteiger partial charge in [-0.2, -0.15) is 39.5 Å². The van der Waals surface area contributed by atoms with Crippen LogP contribution >= 0.6 is 0 Å². The third kappa shape index (κ3) is 5.84. The summed E-state index contributed by atoms with van der Waals surface area (Å²) >= 11 is 0. The number of halogens is 10. The van der Waals surface area contributed by atoms with Gasteiger partial charge in [-0.25, -0.2) is 4.39 Å². The van der Waals surface area contributed by atoms with Crippen LogP contribution in [0.4, 0.5) is 43.9 Å². The largest absolute Gasteiger partial charge is 0.462 e. The fourth-order valence-corrected chi connectivity index (χ4v) is 1.75. The van der Waals surface area contributed by atoms with Crippen molar-refractivity contribution in [2.24, 2.45) is 5.41 Å². The van der Waals surface area contributed by atoms with E-state index in [4.69, 9.17) is 10.2 Å². The van der Waals surface area contributed by atoms with Crippen LogP contribution in [0.2, 0.25) is 0 Å². The average Bonchev–Trinajstić information content (AvgIpc) is 2.42. The van der Waals surface area contributed by atoms with Gasteiger partial charge < -0.3 is 14.9 Å². The van der Waals surface area contributed by atoms with E-state index >= 15 is 0 Å². The van der Waals surface area contributed by atoms with E-state index < -0.39 is 60.3 Å². The van der Waals surface area contributed by atoms with E-state index in [0.717, 1.165) is 13.8 Å². The number of carbonyl (C=O) groups is 1. The standard InChI is InChI=1S/C14H18F10O4/c1-4-9(2,3)8(25)28-7(6-11(15,27)14(22,23)24)5-10(26,12(16,17)18)13(19,20)21/h7,26-27H,4-6H2,1-3H3. The van der Waals surface area contributed by atoms with Crippen molar-refractivity contribution in [3.63, 3.8) is 0 Å². The zero-order valence-electron chi connectivity index (χ0n) is 14.7. The second-order valence-electron chi connectivity index (χ2n) is 6.79. The van der Waals surface area contributed by atoms with E-state index in [0.29, 0.717) is 0 Å². The third-order valence-electron chi connectivity index (χ3n) is 4.10. The molecule has 0 aromatic rings. The highest BCUT2D eigenvalue weighted by Gasteiger charge is 2.71. The molecule has 0 amide bonds. The fourth-order valence-electron chi connectivity index (χ4n) is 1.75. The fraction of sp³-hybridized carbons (Fsp3) is 0.929. The normalized spacial score (nSPS) is 17.8. The van der Waals surface area contributed by atoms with Crippen LogP contribution in [0.25, 0.3) is 0 Å². The van der Waals surface area contributed by atoms with E-state index in [1.807, 2.05) is 0 Å². The van der Waals surface area contributed by atoms with Gasteiger partial charge in [-0.3, -0.25) is 4.79 Å². The molecular formula is C14H18F10O4. The number of aliphatic hydroxyl groups is 2. The zero-order valence-corrected chi connectivity index (χ0v) is 14.7. The summed E-state index contributed by atoms with van der Waals surface area (Å²) in [7, 11) is 0. The highest BCUT2D eigenvalue weighted by molar-refractivity contribution is 5.76. The molecule has 0 bridgehead atoms. The predicted octanol–water partition coefficient (Wildman–Crippen LogP) is 4.19. The van der Waals surface area contributed by atoms with Gasteiger partial charge in [0.15, 0.2) is 0 Å². The van der Waals surface area contributed by atoms with E-state index in [1.54, 1.807) is 0 Å². The number of hydrogen-bond acceptors (Lipinski definition) is 4. The molecule has 0 saturated carbocycles. The number of hydrogen-bond donors (Lipinski definition) is 2. The van der Waals surface area contributed by atoms with Crippen LogP contribution in [0, 0.1) is 5.41 Å². The van der Waals surface area contributed by atoms with Crippen LogP contribution < -0.4 is 0 Å². The minimum Gasteiger partial charge on any atom is -0.462 e. The first kappa shape index (κ1) is 26.7. The van der Waals surface area contributed by atoms with E-state index in [9.17, 15) is 48.7 Å². The Kier molecular flexibility index (Phi) is 7.47. The minimum atomic E-state index is -6.46. The molecule has 0 saturated heterocycles. The zero-order chi connectivity index (χ0) is 23.0. The van der Waals surface area contributed by atoms with Crippen LogP contribution in [0.15, 0.2) is 0 Å². The number of ether oxygens (including phenoxy) is 1. The Bertz CT molecular complexity index is 534. The monoisotopic (exact) mass is 440 g/mol. The highest BCUT2D eigenvalue weighted by atomic mass is 19.4. The van der Waals surface area contributed by atoms with Gasteiger partial charge in [0.1, 0.15) is 6.10 Å². The van der Waals surface area contributed by atoms with Crippen molar-refractivity contribution >= 4 is 5.97 Å². The second-order valence-corrected chi connectivity index (χ2v) is 6.79. The van der Waals surface area contributed by atoms with Gasteiger partial charge in [-0.05, 0) is 20.3 Å². The maximum absolute atomic E-state index is 13.4. The lowest BCUT2D eigenvalue weighted by Gasteiger charge is -2.37. The van der Waals surface area contributed by atoms with Crippen molar-refractivity contribution in [2.45, 2.75) is 76.1 Å². The van der Waals surface area contributed by atoms with E-state index in [2.05, 4.69) is 4.74 Å². The lowest BCUT2D eigenvalue weighted by molar-refractivity contribution is -0.377. The maximum atomic E-state index is 13.4. The Labute approximate surface area is 152 Å². The molecule has 2 N–H and O–H groups in total. The molecule has 0 aromatic carbocycles. The van der Waals surface area contributed by atoms with Crippen molar-refractivity contribution < 1.29 is 63.6 Å². The molecule has 4 nitrogen and oxygen atoms in total. The van der Waals surface area contributed by atoms with Crippen LogP contribution in [-0.4, -0.2) is 52.3 Å². The predicted molar refractivity (Wildman–Crippen MR) is 72.4 cm³/mol. The maximum Gasteiger partial charge on any atom is 0.448 e. The number of esters is 1. The molecule has 0 heterocycles. The van der Waals surface area contributed by atoms with Gasteiger partial charge >= 0.3 is 30.4 Å². The average molecular weight is 440 g/mol. The van der Waals surface area contributed by atoms with Crippen LogP contribution in [0.1, 0.15) is 40.0 Å². The van der Waals surface area contributed by atoms with Crippen LogP contribution in [-0.2, 0) is 9.53 Å². The molecule has 0 aromatic heterocycles. The lowest BCUT2D eigenvalue weighted by atomic mass is 9.89. The minimum absolute atomic E-state index is 0.0967. The van der Waals surface area contributed by atoms with Crippen LogP contribution in [0.5, 0.6) is 0 Å². The van der Waals surface area contributed by atoms with Crippen LogP contribution in [0.3, 0.4) is 0 Å². The van der Waals surface area contributed by atoms with Gasteiger partial charge in [0.25, 0.3) is 5.60 Å². The van der Waals surface area contributed by atoms with Crippen molar-refractivity contribution in [3.05, 3.63) is 0 Å². The topological polar surface area (TPSA) is 66.8 Å². The molecule has 0 aliphatic carbocycles. The molecule has 2 unspecified atom stereocenters. The molecular weight excluding hydrogens is 422 g/mol. The molecule has 0 spiro atoms. The first-order chi connectivity index (χ1) is 12.0. The smallest absolute Gasteiger partial charge is 0.448 e. The second kappa shape index (κ2) is 7.84. The van der Waals surface area contributed by atoms with Gasteiger partial charge in [0.2, 0.25) is 0 Å². The first-order valence-electron chi connectivity index (χ1n) is 7.57. The third-order valence-corrected chi connectivity index (χ3v) is 4.10. The van der Waals surface area contributed by atoms with E-state index in [1.165, 1.54) is 6.92 Å². The summed E-state index contributed by atoms with van der Waals surface area (Å²) in [5.74, 6) is -6.84. The number of alkyl halides is 10. The quantitative estimate of drug-likeness (QED) is 0.460. The Hall–Kier alpha value is -1.31. The summed E-state index contributed by atoms with van der Waals surface area (Å²) in [4.78, 5) is 11.9. The molecule has 28 heavy (non-hydrogen) atoms. The molecule has 0 fully saturated rings. The Morgan fingerprint density at radius 1 is 0.821 bits per heavy atom. The van der Waals surface area contributed by atoms with Crippen molar-refractivity contribution in [1.29, 1.82) is 0 Å². The lowest BCUT2D eigenvalue weighted by Crippen LogP contribution is -2.59. The Morgan fingerprint density at radius 3 is 1.50 bits per heavy atom. The van der Waals surface area contributed by atoms with Gasteiger partial charge in [0, 0.05) is 6.42 Å². The number of rotatable bonds is 7. The molecule has 0 aliphatic heterocycles. The summed E-state index contributed by atoms with van der Waals surface area (Å²) in [5, 5.41) is 17.9. The van der Waals surface area contributed by atoms with Gasteiger partial charge in [0.05, 0.1) is 11.8 Å². The summed E-state index contributed by atoms with van der Waals surface area (Å²) in [5.41, 5.74) is -7.19. The molecule has 14 heteroatoms. The van der Waals surface area contributed by atoms with Gasteiger partial charge in [-0.15, -0.1) is 0 Å². The Balaban J connectivity index is 6.07. The summed E-state index contributed by atoms with van der Waals surface area (Å²) in [6.45, 7) is 3.56. The molecule has 2 atom stereocenters. The molecule has 168 valence electrons. The highest BCUT2D eigenvalue weighted by Crippen LogP contribution is 2.48. The molecule has 0 rings (SSSR count).